The molecule has 0 bridgehead atoms. The Morgan fingerprint density at radius 1 is 1.25 bits per heavy atom. The maximum Gasteiger partial charge on any atom is 0.209 e. The molecule has 1 fully saturated rings. The van der Waals surface area contributed by atoms with Gasteiger partial charge in [-0.2, -0.15) is 0 Å². The summed E-state index contributed by atoms with van der Waals surface area (Å²) >= 11 is 0. The largest absolute Gasteiger partial charge is 0.303 e. The van der Waals surface area contributed by atoms with E-state index in [9.17, 15) is 8.42 Å². The first kappa shape index (κ1) is 13.9. The van der Waals surface area contributed by atoms with E-state index in [0.29, 0.717) is 12.5 Å². The van der Waals surface area contributed by atoms with Gasteiger partial charge in [0.1, 0.15) is 0 Å². The predicted molar refractivity (Wildman–Crippen MR) is 66.6 cm³/mol. The third kappa shape index (κ3) is 5.27. The lowest BCUT2D eigenvalue weighted by atomic mass is 9.87. The molecule has 0 aliphatic heterocycles. The second-order valence-electron chi connectivity index (χ2n) is 5.11. The summed E-state index contributed by atoms with van der Waals surface area (Å²) in [5.74, 6) is 0.953. The predicted octanol–water partition coefficient (Wildman–Crippen LogP) is 1.18. The molecule has 1 saturated carbocycles. The van der Waals surface area contributed by atoms with E-state index in [-0.39, 0.29) is 5.75 Å². The van der Waals surface area contributed by atoms with Gasteiger partial charge in [-0.15, -0.1) is 0 Å². The lowest BCUT2D eigenvalue weighted by Crippen LogP contribution is -2.36. The maximum absolute atomic E-state index is 10.8. The molecule has 0 aromatic rings. The first-order valence-corrected chi connectivity index (χ1v) is 7.81. The average molecular weight is 248 g/mol. The van der Waals surface area contributed by atoms with Crippen LogP contribution in [0.15, 0.2) is 0 Å². The summed E-state index contributed by atoms with van der Waals surface area (Å²) in [7, 11) is -1.20. The van der Waals surface area contributed by atoms with E-state index in [1.54, 1.807) is 0 Å². The molecule has 4 nitrogen and oxygen atoms in total. The molecule has 0 saturated heterocycles. The number of sulfonamides is 1. The first-order chi connectivity index (χ1) is 7.38. The summed E-state index contributed by atoms with van der Waals surface area (Å²) in [5.41, 5.74) is 0. The number of hydrogen-bond acceptors (Lipinski definition) is 3. The number of nitrogens with zero attached hydrogens (tertiary/aromatic N) is 1. The zero-order valence-corrected chi connectivity index (χ0v) is 11.2. The molecule has 1 aliphatic carbocycles. The zero-order chi connectivity index (χ0) is 12.2. The van der Waals surface area contributed by atoms with Gasteiger partial charge >= 0.3 is 0 Å². The van der Waals surface area contributed by atoms with Gasteiger partial charge in [-0.25, -0.2) is 13.6 Å². The molecule has 0 aromatic heterocycles. The molecule has 0 atom stereocenters. The molecule has 5 heteroatoms. The van der Waals surface area contributed by atoms with E-state index in [1.165, 1.54) is 25.7 Å². The first-order valence-electron chi connectivity index (χ1n) is 6.09. The molecule has 0 unspecified atom stereocenters. The van der Waals surface area contributed by atoms with Crippen molar-refractivity contribution in [2.75, 3.05) is 19.3 Å². The number of hydrogen-bond donors (Lipinski definition) is 1. The monoisotopic (exact) mass is 248 g/mol. The Morgan fingerprint density at radius 2 is 1.81 bits per heavy atom. The molecule has 0 spiro atoms. The van der Waals surface area contributed by atoms with Gasteiger partial charge in [0.15, 0.2) is 0 Å². The third-order valence-corrected chi connectivity index (χ3v) is 4.41. The van der Waals surface area contributed by atoms with E-state index >= 15 is 0 Å². The second kappa shape index (κ2) is 5.98. The third-order valence-electron chi connectivity index (χ3n) is 3.55. The Balaban J connectivity index is 2.22. The van der Waals surface area contributed by atoms with Crippen molar-refractivity contribution in [3.8, 4) is 0 Å². The Labute approximate surface area is 99.2 Å². The SMILES string of the molecule is CC1CCC(N(C)CCCS(N)(=O)=O)CC1. The van der Waals surface area contributed by atoms with Crippen LogP contribution in [0.5, 0.6) is 0 Å². The molecule has 1 aliphatic rings. The van der Waals surface area contributed by atoms with E-state index in [1.807, 2.05) is 0 Å². The lowest BCUT2D eigenvalue weighted by Gasteiger charge is -2.33. The summed E-state index contributed by atoms with van der Waals surface area (Å²) in [5, 5.41) is 4.97. The maximum atomic E-state index is 10.8. The Morgan fingerprint density at radius 3 is 2.31 bits per heavy atom. The highest BCUT2D eigenvalue weighted by Gasteiger charge is 2.21. The van der Waals surface area contributed by atoms with Crippen molar-refractivity contribution in [3.05, 3.63) is 0 Å². The normalized spacial score (nSPS) is 27.2. The van der Waals surface area contributed by atoms with Gasteiger partial charge in [-0.3, -0.25) is 0 Å². The Hall–Kier alpha value is -0.130. The minimum absolute atomic E-state index is 0.0977. The van der Waals surface area contributed by atoms with E-state index in [0.717, 1.165) is 12.5 Å². The molecule has 0 amide bonds. The van der Waals surface area contributed by atoms with Crippen LogP contribution in [0.3, 0.4) is 0 Å². The van der Waals surface area contributed by atoms with Gasteiger partial charge in [-0.05, 0) is 51.6 Å². The van der Waals surface area contributed by atoms with Crippen molar-refractivity contribution in [2.45, 2.75) is 45.1 Å². The molecule has 0 radical (unpaired) electrons. The fraction of sp³-hybridized carbons (Fsp3) is 1.00. The van der Waals surface area contributed by atoms with Crippen LogP contribution in [0.2, 0.25) is 0 Å². The van der Waals surface area contributed by atoms with E-state index in [4.69, 9.17) is 5.14 Å². The van der Waals surface area contributed by atoms with E-state index < -0.39 is 10.0 Å². The minimum atomic E-state index is -3.29. The summed E-state index contributed by atoms with van der Waals surface area (Å²) in [4.78, 5) is 2.29. The van der Waals surface area contributed by atoms with Crippen LogP contribution in [0.1, 0.15) is 39.0 Å². The van der Waals surface area contributed by atoms with Crippen LogP contribution in [0.25, 0.3) is 0 Å². The van der Waals surface area contributed by atoms with Crippen LogP contribution < -0.4 is 5.14 Å². The van der Waals surface area contributed by atoms with Crippen LogP contribution in [0.4, 0.5) is 0 Å². The van der Waals surface area contributed by atoms with Crippen molar-refractivity contribution >= 4 is 10.0 Å². The second-order valence-corrected chi connectivity index (χ2v) is 6.85. The van der Waals surface area contributed by atoms with Gasteiger partial charge in [0.2, 0.25) is 10.0 Å². The van der Waals surface area contributed by atoms with Gasteiger partial charge < -0.3 is 4.90 Å². The highest BCUT2D eigenvalue weighted by Crippen LogP contribution is 2.26. The van der Waals surface area contributed by atoms with Gasteiger partial charge in [0.05, 0.1) is 5.75 Å². The molecule has 2 N–H and O–H groups in total. The Bertz CT molecular complexity index is 295. The smallest absolute Gasteiger partial charge is 0.209 e. The highest BCUT2D eigenvalue weighted by atomic mass is 32.2. The van der Waals surface area contributed by atoms with Gasteiger partial charge in [-0.1, -0.05) is 6.92 Å². The van der Waals surface area contributed by atoms with Crippen LogP contribution in [0, 0.1) is 5.92 Å². The summed E-state index contributed by atoms with van der Waals surface area (Å²) < 4.78 is 21.6. The summed E-state index contributed by atoms with van der Waals surface area (Å²) in [6.07, 6.45) is 5.72. The average Bonchev–Trinajstić information content (AvgIpc) is 2.16. The van der Waals surface area contributed by atoms with Crippen molar-refractivity contribution < 1.29 is 8.42 Å². The summed E-state index contributed by atoms with van der Waals surface area (Å²) in [6, 6.07) is 0.636. The van der Waals surface area contributed by atoms with Gasteiger partial charge in [0, 0.05) is 6.04 Å². The minimum Gasteiger partial charge on any atom is -0.303 e. The topological polar surface area (TPSA) is 63.4 Å². The molecular formula is C11H24N2O2S. The molecule has 16 heavy (non-hydrogen) atoms. The van der Waals surface area contributed by atoms with Crippen LogP contribution >= 0.6 is 0 Å². The van der Waals surface area contributed by atoms with Crippen LogP contribution in [-0.2, 0) is 10.0 Å². The van der Waals surface area contributed by atoms with Crippen molar-refractivity contribution in [2.24, 2.45) is 11.1 Å². The standard InChI is InChI=1S/C11H24N2O2S/c1-10-4-6-11(7-5-10)13(2)8-3-9-16(12,14)15/h10-11H,3-9H2,1-2H3,(H2,12,14,15). The van der Waals surface area contributed by atoms with Crippen molar-refractivity contribution in [1.29, 1.82) is 0 Å². The molecular weight excluding hydrogens is 224 g/mol. The fourth-order valence-electron chi connectivity index (χ4n) is 2.38. The lowest BCUT2D eigenvalue weighted by molar-refractivity contribution is 0.171. The van der Waals surface area contributed by atoms with Crippen molar-refractivity contribution in [1.82, 2.24) is 4.90 Å². The van der Waals surface area contributed by atoms with E-state index in [2.05, 4.69) is 18.9 Å². The summed E-state index contributed by atoms with van der Waals surface area (Å²) in [6.45, 7) is 3.13. The molecule has 0 heterocycles. The molecule has 96 valence electrons. The van der Waals surface area contributed by atoms with Crippen molar-refractivity contribution in [3.63, 3.8) is 0 Å². The molecule has 1 rings (SSSR count). The number of nitrogens with two attached hydrogens (primary N) is 1. The van der Waals surface area contributed by atoms with Gasteiger partial charge in [0.25, 0.3) is 0 Å². The van der Waals surface area contributed by atoms with Crippen LogP contribution in [-0.4, -0.2) is 38.7 Å². The Kier molecular flexibility index (Phi) is 5.21. The number of primary sulfonamides is 1. The fourth-order valence-corrected chi connectivity index (χ4v) is 2.91. The zero-order valence-electron chi connectivity index (χ0n) is 10.4. The quantitative estimate of drug-likeness (QED) is 0.794. The molecule has 0 aromatic carbocycles. The highest BCUT2D eigenvalue weighted by molar-refractivity contribution is 7.89. The number of rotatable bonds is 5.